The molecule has 0 aliphatic carbocycles. The Morgan fingerprint density at radius 1 is 1.21 bits per heavy atom. The fraction of sp³-hybridized carbons (Fsp3) is 0.462. The number of aryl methyl sites for hydroxylation is 1. The molecule has 0 bridgehead atoms. The first-order valence-corrected chi connectivity index (χ1v) is 8.19. The van der Waals surface area contributed by atoms with E-state index >= 15 is 0 Å². The molecule has 4 nitrogen and oxygen atoms in total. The Kier molecular flexibility index (Phi) is 4.98. The summed E-state index contributed by atoms with van der Waals surface area (Å²) in [6.45, 7) is 7.34. The minimum absolute atomic E-state index is 0.0988. The molecule has 0 fully saturated rings. The highest BCUT2D eigenvalue weighted by molar-refractivity contribution is 8.13. The van der Waals surface area contributed by atoms with Gasteiger partial charge in [0.2, 0.25) is 0 Å². The third-order valence-corrected chi connectivity index (χ3v) is 4.13. The summed E-state index contributed by atoms with van der Waals surface area (Å²) < 4.78 is 27.9. The van der Waals surface area contributed by atoms with Crippen LogP contribution >= 0.6 is 10.7 Å². The van der Waals surface area contributed by atoms with Gasteiger partial charge in [-0.15, -0.1) is 0 Å². The second kappa shape index (κ2) is 5.92. The van der Waals surface area contributed by atoms with Crippen molar-refractivity contribution in [3.63, 3.8) is 0 Å². The molecule has 1 aromatic carbocycles. The lowest BCUT2D eigenvalue weighted by Gasteiger charge is -2.16. The molecule has 0 aliphatic heterocycles. The van der Waals surface area contributed by atoms with E-state index in [9.17, 15) is 13.2 Å². The van der Waals surface area contributed by atoms with Crippen molar-refractivity contribution in [3.05, 3.63) is 29.3 Å². The van der Waals surface area contributed by atoms with E-state index < -0.39 is 15.0 Å². The topological polar surface area (TPSA) is 60.4 Å². The number of benzene rings is 1. The summed E-state index contributed by atoms with van der Waals surface area (Å²) in [6, 6.07) is 4.21. The molecule has 1 unspecified atom stereocenters. The van der Waals surface area contributed by atoms with E-state index in [1.807, 2.05) is 13.8 Å². The van der Waals surface area contributed by atoms with Gasteiger partial charge >= 0.3 is 5.97 Å². The number of ether oxygens (including phenoxy) is 1. The average Bonchev–Trinajstić information content (AvgIpc) is 2.26. The molecule has 0 spiro atoms. The van der Waals surface area contributed by atoms with Gasteiger partial charge in [-0.3, -0.25) is 0 Å². The van der Waals surface area contributed by atoms with Gasteiger partial charge in [0.05, 0.1) is 10.5 Å². The summed E-state index contributed by atoms with van der Waals surface area (Å²) in [4.78, 5) is 11.8. The largest absolute Gasteiger partial charge is 0.459 e. The molecule has 1 aromatic rings. The third kappa shape index (κ3) is 4.51. The summed E-state index contributed by atoms with van der Waals surface area (Å²) in [7, 11) is 1.42. The van der Waals surface area contributed by atoms with Crippen molar-refractivity contribution in [3.8, 4) is 0 Å². The van der Waals surface area contributed by atoms with E-state index in [0.29, 0.717) is 5.56 Å². The summed E-state index contributed by atoms with van der Waals surface area (Å²) in [5, 5.41) is 0. The number of hydrogen-bond acceptors (Lipinski definition) is 4. The van der Waals surface area contributed by atoms with E-state index in [-0.39, 0.29) is 22.5 Å². The van der Waals surface area contributed by atoms with Crippen molar-refractivity contribution in [1.29, 1.82) is 0 Å². The van der Waals surface area contributed by atoms with Crippen molar-refractivity contribution in [2.45, 2.75) is 38.7 Å². The van der Waals surface area contributed by atoms with Gasteiger partial charge in [-0.05, 0) is 43.5 Å². The lowest BCUT2D eigenvalue weighted by molar-refractivity contribution is 0.0237. The fourth-order valence-electron chi connectivity index (χ4n) is 1.38. The molecule has 0 N–H and O–H groups in total. The van der Waals surface area contributed by atoms with E-state index in [4.69, 9.17) is 15.4 Å². The molecule has 0 saturated carbocycles. The monoisotopic (exact) mass is 304 g/mol. The summed E-state index contributed by atoms with van der Waals surface area (Å²) >= 11 is 0. The quantitative estimate of drug-likeness (QED) is 0.633. The third-order valence-electron chi connectivity index (χ3n) is 2.80. The number of carbonyl (C=O) groups excluding carboxylic acids is 1. The number of halogens is 1. The van der Waals surface area contributed by atoms with Crippen LogP contribution in [0.5, 0.6) is 0 Å². The second-order valence-electron chi connectivity index (χ2n) is 4.83. The Morgan fingerprint density at radius 2 is 1.79 bits per heavy atom. The molecule has 0 amide bonds. The van der Waals surface area contributed by atoms with Crippen molar-refractivity contribution in [1.82, 2.24) is 0 Å². The Bertz CT molecular complexity index is 578. The molecule has 19 heavy (non-hydrogen) atoms. The van der Waals surface area contributed by atoms with Crippen LogP contribution in [0.3, 0.4) is 0 Å². The molecule has 0 heterocycles. The number of esters is 1. The highest BCUT2D eigenvalue weighted by Crippen LogP contribution is 2.20. The van der Waals surface area contributed by atoms with Crippen LogP contribution in [0.25, 0.3) is 0 Å². The van der Waals surface area contributed by atoms with E-state index in [0.717, 1.165) is 0 Å². The molecule has 0 aliphatic rings. The smallest absolute Gasteiger partial charge is 0.338 e. The average molecular weight is 305 g/mol. The number of carbonyl (C=O) groups is 1. The minimum atomic E-state index is -3.86. The van der Waals surface area contributed by atoms with Gasteiger partial charge < -0.3 is 4.74 Å². The van der Waals surface area contributed by atoms with Crippen molar-refractivity contribution in [2.24, 2.45) is 5.92 Å². The SMILES string of the molecule is Cc1cc(C(=O)OC(C)C(C)C)cc(S(=O)(=O)Cl)c1. The molecule has 6 heteroatoms. The minimum Gasteiger partial charge on any atom is -0.459 e. The van der Waals surface area contributed by atoms with Crippen LogP contribution in [0, 0.1) is 12.8 Å². The van der Waals surface area contributed by atoms with Gasteiger partial charge in [-0.2, -0.15) is 0 Å². The Labute approximate surface area is 118 Å². The normalized spacial score (nSPS) is 13.4. The van der Waals surface area contributed by atoms with Crippen LogP contribution in [0.4, 0.5) is 0 Å². The summed E-state index contributed by atoms with van der Waals surface area (Å²) in [5.74, 6) is -0.364. The van der Waals surface area contributed by atoms with Crippen LogP contribution in [-0.4, -0.2) is 20.5 Å². The van der Waals surface area contributed by atoms with E-state index in [1.165, 1.54) is 12.1 Å². The first-order chi connectivity index (χ1) is 8.61. The zero-order valence-electron chi connectivity index (χ0n) is 11.3. The molecule has 0 aromatic heterocycles. The van der Waals surface area contributed by atoms with Crippen LogP contribution in [0.2, 0.25) is 0 Å². The Balaban J connectivity index is 3.08. The highest BCUT2D eigenvalue weighted by Gasteiger charge is 2.18. The molecule has 1 atom stereocenters. The first kappa shape index (κ1) is 16.0. The van der Waals surface area contributed by atoms with Gasteiger partial charge in [0.1, 0.15) is 6.10 Å². The molecule has 106 valence electrons. The maximum atomic E-state index is 11.9. The molecule has 0 saturated heterocycles. The van der Waals surface area contributed by atoms with Crippen LogP contribution < -0.4 is 0 Å². The summed E-state index contributed by atoms with van der Waals surface area (Å²) in [5.41, 5.74) is 0.817. The lowest BCUT2D eigenvalue weighted by Crippen LogP contribution is -2.20. The van der Waals surface area contributed by atoms with Gasteiger partial charge in [-0.25, -0.2) is 13.2 Å². The van der Waals surface area contributed by atoms with Gasteiger partial charge in [0, 0.05) is 10.7 Å². The predicted octanol–water partition coefficient (Wildman–Crippen LogP) is 3.12. The van der Waals surface area contributed by atoms with E-state index in [2.05, 4.69) is 0 Å². The maximum absolute atomic E-state index is 11.9. The molecule has 0 radical (unpaired) electrons. The molecular formula is C13H17ClO4S. The first-order valence-electron chi connectivity index (χ1n) is 5.88. The van der Waals surface area contributed by atoms with Crippen LogP contribution in [0.15, 0.2) is 23.1 Å². The zero-order valence-corrected chi connectivity index (χ0v) is 12.9. The Morgan fingerprint density at radius 3 is 2.26 bits per heavy atom. The van der Waals surface area contributed by atoms with Gasteiger partial charge in [0.25, 0.3) is 9.05 Å². The van der Waals surface area contributed by atoms with Crippen molar-refractivity contribution in [2.75, 3.05) is 0 Å². The van der Waals surface area contributed by atoms with Crippen molar-refractivity contribution < 1.29 is 17.9 Å². The zero-order chi connectivity index (χ0) is 14.8. The fourth-order valence-corrected chi connectivity index (χ4v) is 2.24. The lowest BCUT2D eigenvalue weighted by atomic mass is 10.1. The van der Waals surface area contributed by atoms with E-state index in [1.54, 1.807) is 19.9 Å². The van der Waals surface area contributed by atoms with Gasteiger partial charge in [0.15, 0.2) is 0 Å². The number of rotatable bonds is 4. The predicted molar refractivity (Wildman–Crippen MR) is 73.9 cm³/mol. The summed E-state index contributed by atoms with van der Waals surface area (Å²) in [6.07, 6.45) is -0.246. The highest BCUT2D eigenvalue weighted by atomic mass is 35.7. The van der Waals surface area contributed by atoms with Crippen LogP contribution in [-0.2, 0) is 13.8 Å². The van der Waals surface area contributed by atoms with Crippen LogP contribution in [0.1, 0.15) is 36.7 Å². The second-order valence-corrected chi connectivity index (χ2v) is 7.39. The van der Waals surface area contributed by atoms with Crippen molar-refractivity contribution >= 4 is 25.7 Å². The maximum Gasteiger partial charge on any atom is 0.338 e. The number of hydrogen-bond donors (Lipinski definition) is 0. The molecule has 1 rings (SSSR count). The standard InChI is InChI=1S/C13H17ClO4S/c1-8(2)10(4)18-13(15)11-5-9(3)6-12(7-11)19(14,16)17/h5-8,10H,1-4H3. The molecular weight excluding hydrogens is 288 g/mol. The Hall–Kier alpha value is -1.07. The van der Waals surface area contributed by atoms with Gasteiger partial charge in [-0.1, -0.05) is 13.8 Å².